The van der Waals surface area contributed by atoms with E-state index in [-0.39, 0.29) is 16.1 Å². The van der Waals surface area contributed by atoms with Crippen LogP contribution in [0.25, 0.3) is 0 Å². The molecule has 0 heterocycles. The van der Waals surface area contributed by atoms with Gasteiger partial charge in [-0.15, -0.1) is 0 Å². The molecule has 2 aromatic carbocycles. The quantitative estimate of drug-likeness (QED) is 0.560. The number of sulfonamides is 1. The van der Waals surface area contributed by atoms with Crippen LogP contribution < -0.4 is 5.32 Å². The van der Waals surface area contributed by atoms with Crippen LogP contribution >= 0.6 is 0 Å². The SMILES string of the molecule is CCN(CC)S(=O)(=O)c1cc(C)c(C)c(NC(=O)c2ccccc2[N+](=O)[O-])c1. The van der Waals surface area contributed by atoms with Crippen molar-refractivity contribution in [3.63, 3.8) is 0 Å². The molecule has 0 atom stereocenters. The molecule has 9 heteroatoms. The Kier molecular flexibility index (Phi) is 6.52. The van der Waals surface area contributed by atoms with Crippen LogP contribution in [0.5, 0.6) is 0 Å². The lowest BCUT2D eigenvalue weighted by molar-refractivity contribution is -0.385. The molecule has 0 spiro atoms. The lowest BCUT2D eigenvalue weighted by Gasteiger charge is -2.20. The molecule has 0 aliphatic carbocycles. The fourth-order valence-electron chi connectivity index (χ4n) is 2.83. The number of aryl methyl sites for hydroxylation is 1. The zero-order chi connectivity index (χ0) is 21.1. The molecule has 2 aromatic rings. The van der Waals surface area contributed by atoms with Gasteiger partial charge in [0.15, 0.2) is 0 Å². The monoisotopic (exact) mass is 405 g/mol. The summed E-state index contributed by atoms with van der Waals surface area (Å²) in [6.45, 7) is 7.64. The van der Waals surface area contributed by atoms with Crippen LogP contribution in [0.1, 0.15) is 35.3 Å². The van der Waals surface area contributed by atoms with Gasteiger partial charge in [0.2, 0.25) is 10.0 Å². The molecule has 150 valence electrons. The van der Waals surface area contributed by atoms with E-state index < -0.39 is 20.9 Å². The van der Waals surface area contributed by atoms with Crippen LogP contribution in [0.15, 0.2) is 41.3 Å². The van der Waals surface area contributed by atoms with E-state index in [4.69, 9.17) is 0 Å². The molecule has 0 aromatic heterocycles. The van der Waals surface area contributed by atoms with Crippen molar-refractivity contribution in [1.82, 2.24) is 4.31 Å². The Labute approximate surface area is 164 Å². The number of anilines is 1. The second-order valence-corrected chi connectivity index (χ2v) is 8.17. The number of rotatable bonds is 7. The second kappa shape index (κ2) is 8.49. The van der Waals surface area contributed by atoms with Gasteiger partial charge in [0, 0.05) is 24.8 Å². The Morgan fingerprint density at radius 1 is 1.14 bits per heavy atom. The van der Waals surface area contributed by atoms with E-state index in [1.807, 2.05) is 0 Å². The van der Waals surface area contributed by atoms with Crippen molar-refractivity contribution in [2.24, 2.45) is 0 Å². The van der Waals surface area contributed by atoms with Crippen LogP contribution in [-0.4, -0.2) is 36.6 Å². The third-order valence-corrected chi connectivity index (χ3v) is 6.61. The van der Waals surface area contributed by atoms with Gasteiger partial charge in [0.1, 0.15) is 5.56 Å². The maximum Gasteiger partial charge on any atom is 0.282 e. The van der Waals surface area contributed by atoms with E-state index in [0.29, 0.717) is 29.9 Å². The number of hydrogen-bond acceptors (Lipinski definition) is 5. The first-order valence-corrected chi connectivity index (χ1v) is 10.2. The number of hydrogen-bond donors (Lipinski definition) is 1. The lowest BCUT2D eigenvalue weighted by Crippen LogP contribution is -2.30. The molecule has 8 nitrogen and oxygen atoms in total. The predicted molar refractivity (Wildman–Crippen MR) is 107 cm³/mol. The Balaban J connectivity index is 2.49. The normalized spacial score (nSPS) is 11.5. The van der Waals surface area contributed by atoms with Crippen LogP contribution in [0, 0.1) is 24.0 Å². The predicted octanol–water partition coefficient (Wildman–Crippen LogP) is 3.49. The summed E-state index contributed by atoms with van der Waals surface area (Å²) in [7, 11) is -3.71. The van der Waals surface area contributed by atoms with Gasteiger partial charge in [-0.2, -0.15) is 4.31 Å². The van der Waals surface area contributed by atoms with E-state index in [1.54, 1.807) is 33.8 Å². The summed E-state index contributed by atoms with van der Waals surface area (Å²) in [6, 6.07) is 8.55. The molecule has 2 rings (SSSR count). The number of para-hydroxylation sites is 1. The standard InChI is InChI=1S/C19H23N3O5S/c1-5-21(6-2)28(26,27)15-11-13(3)14(4)17(12-15)20-19(23)16-9-7-8-10-18(16)22(24)25/h7-12H,5-6H2,1-4H3,(H,20,23). The summed E-state index contributed by atoms with van der Waals surface area (Å²) in [4.78, 5) is 23.2. The van der Waals surface area contributed by atoms with Crippen molar-refractivity contribution in [1.29, 1.82) is 0 Å². The molecular formula is C19H23N3O5S. The maximum atomic E-state index is 12.8. The highest BCUT2D eigenvalue weighted by Crippen LogP contribution is 2.27. The molecule has 1 N–H and O–H groups in total. The van der Waals surface area contributed by atoms with Crippen LogP contribution in [0.3, 0.4) is 0 Å². The summed E-state index contributed by atoms with van der Waals surface area (Å²) in [5.41, 5.74) is 1.26. The lowest BCUT2D eigenvalue weighted by atomic mass is 10.1. The molecule has 0 unspecified atom stereocenters. The van der Waals surface area contributed by atoms with Gasteiger partial charge in [-0.1, -0.05) is 26.0 Å². The van der Waals surface area contributed by atoms with Gasteiger partial charge < -0.3 is 5.32 Å². The Bertz CT molecular complexity index is 1010. The highest BCUT2D eigenvalue weighted by molar-refractivity contribution is 7.89. The van der Waals surface area contributed by atoms with Gasteiger partial charge in [-0.25, -0.2) is 8.42 Å². The van der Waals surface area contributed by atoms with Gasteiger partial charge in [-0.05, 0) is 43.2 Å². The minimum Gasteiger partial charge on any atom is -0.321 e. The number of carbonyl (C=O) groups excluding carboxylic acids is 1. The number of amides is 1. The summed E-state index contributed by atoms with van der Waals surface area (Å²) in [6.07, 6.45) is 0. The fraction of sp³-hybridized carbons (Fsp3) is 0.316. The summed E-state index contributed by atoms with van der Waals surface area (Å²) >= 11 is 0. The topological polar surface area (TPSA) is 110 Å². The first kappa shape index (κ1) is 21.5. The molecule has 0 radical (unpaired) electrons. The van der Waals surface area contributed by atoms with Crippen molar-refractivity contribution in [2.75, 3.05) is 18.4 Å². The number of nitro groups is 1. The fourth-order valence-corrected chi connectivity index (χ4v) is 4.40. The number of carbonyl (C=O) groups is 1. The number of nitrogens with one attached hydrogen (secondary N) is 1. The largest absolute Gasteiger partial charge is 0.321 e. The summed E-state index contributed by atoms with van der Waals surface area (Å²) in [5.74, 6) is -0.674. The number of nitro benzene ring substituents is 1. The zero-order valence-corrected chi connectivity index (χ0v) is 17.0. The van der Waals surface area contributed by atoms with Crippen molar-refractivity contribution in [2.45, 2.75) is 32.6 Å². The molecule has 0 fully saturated rings. The van der Waals surface area contributed by atoms with Gasteiger partial charge in [0.25, 0.3) is 11.6 Å². The molecule has 0 aliphatic rings. The first-order valence-electron chi connectivity index (χ1n) is 8.79. The maximum absolute atomic E-state index is 12.8. The molecule has 0 bridgehead atoms. The van der Waals surface area contributed by atoms with Gasteiger partial charge >= 0.3 is 0 Å². The smallest absolute Gasteiger partial charge is 0.282 e. The molecule has 1 amide bonds. The Hall–Kier alpha value is -2.78. The highest BCUT2D eigenvalue weighted by Gasteiger charge is 2.25. The Morgan fingerprint density at radius 3 is 2.32 bits per heavy atom. The van der Waals surface area contributed by atoms with Crippen LogP contribution in [0.4, 0.5) is 11.4 Å². The van der Waals surface area contributed by atoms with E-state index in [1.165, 1.54) is 34.6 Å². The zero-order valence-electron chi connectivity index (χ0n) is 16.2. The minimum absolute atomic E-state index is 0.0668. The Morgan fingerprint density at radius 2 is 1.75 bits per heavy atom. The number of nitrogens with zero attached hydrogens (tertiary/aromatic N) is 2. The highest BCUT2D eigenvalue weighted by atomic mass is 32.2. The van der Waals surface area contributed by atoms with Gasteiger partial charge in [-0.3, -0.25) is 14.9 Å². The third-order valence-electron chi connectivity index (χ3n) is 4.58. The average Bonchev–Trinajstić information content (AvgIpc) is 2.65. The molecule has 28 heavy (non-hydrogen) atoms. The summed E-state index contributed by atoms with van der Waals surface area (Å²) < 4.78 is 27.0. The van der Waals surface area contributed by atoms with E-state index >= 15 is 0 Å². The van der Waals surface area contributed by atoms with E-state index in [2.05, 4.69) is 5.32 Å². The van der Waals surface area contributed by atoms with Crippen molar-refractivity contribution < 1.29 is 18.1 Å². The van der Waals surface area contributed by atoms with Crippen molar-refractivity contribution in [3.05, 3.63) is 63.2 Å². The number of benzene rings is 2. The van der Waals surface area contributed by atoms with Crippen LogP contribution in [0.2, 0.25) is 0 Å². The molecule has 0 aliphatic heterocycles. The first-order chi connectivity index (χ1) is 13.1. The van der Waals surface area contributed by atoms with Crippen molar-refractivity contribution >= 4 is 27.3 Å². The van der Waals surface area contributed by atoms with E-state index in [0.717, 1.165) is 0 Å². The third kappa shape index (κ3) is 4.20. The molecule has 0 saturated carbocycles. The average molecular weight is 405 g/mol. The minimum atomic E-state index is -3.71. The molecular weight excluding hydrogens is 382 g/mol. The van der Waals surface area contributed by atoms with Crippen molar-refractivity contribution in [3.8, 4) is 0 Å². The molecule has 0 saturated heterocycles. The van der Waals surface area contributed by atoms with Crippen LogP contribution in [-0.2, 0) is 10.0 Å². The second-order valence-electron chi connectivity index (χ2n) is 6.23. The van der Waals surface area contributed by atoms with E-state index in [9.17, 15) is 23.3 Å². The van der Waals surface area contributed by atoms with Gasteiger partial charge in [0.05, 0.1) is 9.82 Å². The summed E-state index contributed by atoms with van der Waals surface area (Å²) in [5, 5.41) is 13.8.